The van der Waals surface area contributed by atoms with E-state index in [0.29, 0.717) is 4.24 Å². The summed E-state index contributed by atoms with van der Waals surface area (Å²) in [7, 11) is -3.25. The van der Waals surface area contributed by atoms with Gasteiger partial charge in [-0.25, -0.2) is 19.3 Å². The Balaban J connectivity index is 2.18. The first-order chi connectivity index (χ1) is 8.98. The van der Waals surface area contributed by atoms with Crippen LogP contribution in [0, 0.1) is 5.92 Å². The van der Waals surface area contributed by atoms with Crippen LogP contribution in [0.4, 0.5) is 0 Å². The molecule has 1 saturated heterocycles. The monoisotopic (exact) mass is 297 g/mol. The van der Waals surface area contributed by atoms with Crippen molar-refractivity contribution >= 4 is 27.2 Å². The minimum absolute atomic E-state index is 0.0325. The Morgan fingerprint density at radius 1 is 1.21 bits per heavy atom. The fourth-order valence-electron chi connectivity index (χ4n) is 2.51. The van der Waals surface area contributed by atoms with Crippen LogP contribution in [0.25, 0.3) is 5.57 Å². The molecule has 0 bridgehead atoms. The second kappa shape index (κ2) is 4.60. The maximum atomic E-state index is 12.0. The Kier molecular flexibility index (Phi) is 3.18. The van der Waals surface area contributed by atoms with E-state index >= 15 is 0 Å². The second-order valence-electron chi connectivity index (χ2n) is 4.72. The summed E-state index contributed by atoms with van der Waals surface area (Å²) in [6.07, 6.45) is 0.963. The number of nitrogens with two attached hydrogens (primary N) is 1. The van der Waals surface area contributed by atoms with Crippen LogP contribution in [0.5, 0.6) is 0 Å². The third-order valence-electron chi connectivity index (χ3n) is 3.31. The van der Waals surface area contributed by atoms with Crippen LogP contribution in [-0.2, 0) is 9.84 Å². The molecule has 7 heteroatoms. The van der Waals surface area contributed by atoms with Crippen molar-refractivity contribution in [3.05, 3.63) is 40.1 Å². The maximum absolute atomic E-state index is 12.0. The van der Waals surface area contributed by atoms with E-state index in [2.05, 4.69) is 10.9 Å². The molecular formula is C12H15N3O2S2. The standard InChI is InChI=1S/C12H15N3O2S2/c1-19(16,17)12-8(7-5-3-2-4-6-7)9-10(13)14-15-11(9)18-12/h2-6,9-11,14-15H,13H2,1H3. The molecule has 3 atom stereocenters. The number of thioether (sulfide) groups is 1. The number of hydrazine groups is 1. The number of nitrogens with one attached hydrogen (secondary N) is 2. The van der Waals surface area contributed by atoms with Crippen LogP contribution in [-0.4, -0.2) is 26.2 Å². The fourth-order valence-corrected chi connectivity index (χ4v) is 5.36. The zero-order valence-corrected chi connectivity index (χ0v) is 12.0. The molecule has 0 amide bonds. The molecule has 3 unspecified atom stereocenters. The predicted molar refractivity (Wildman–Crippen MR) is 77.3 cm³/mol. The van der Waals surface area contributed by atoms with Crippen LogP contribution in [0.3, 0.4) is 0 Å². The molecule has 102 valence electrons. The van der Waals surface area contributed by atoms with Gasteiger partial charge in [0.1, 0.15) is 4.24 Å². The van der Waals surface area contributed by atoms with Gasteiger partial charge in [-0.3, -0.25) is 0 Å². The predicted octanol–water partition coefficient (Wildman–Crippen LogP) is 0.482. The van der Waals surface area contributed by atoms with Gasteiger partial charge in [0.2, 0.25) is 0 Å². The molecule has 0 spiro atoms. The number of benzene rings is 1. The molecule has 2 heterocycles. The lowest BCUT2D eigenvalue weighted by molar-refractivity contribution is 0.539. The van der Waals surface area contributed by atoms with Crippen molar-refractivity contribution in [3.8, 4) is 0 Å². The minimum Gasteiger partial charge on any atom is -0.314 e. The first-order valence-electron chi connectivity index (χ1n) is 5.91. The van der Waals surface area contributed by atoms with Crippen molar-refractivity contribution in [2.24, 2.45) is 11.7 Å². The fraction of sp³-hybridized carbons (Fsp3) is 0.333. The molecule has 0 aromatic heterocycles. The molecule has 5 nitrogen and oxygen atoms in total. The van der Waals surface area contributed by atoms with Gasteiger partial charge >= 0.3 is 0 Å². The quantitative estimate of drug-likeness (QED) is 0.736. The number of hydrogen-bond acceptors (Lipinski definition) is 6. The van der Waals surface area contributed by atoms with Crippen molar-refractivity contribution in [2.45, 2.75) is 11.5 Å². The lowest BCUT2D eigenvalue weighted by Crippen LogP contribution is -2.39. The Morgan fingerprint density at radius 2 is 1.89 bits per heavy atom. The molecule has 2 aliphatic rings. The van der Waals surface area contributed by atoms with Gasteiger partial charge in [0, 0.05) is 12.2 Å². The maximum Gasteiger partial charge on any atom is 0.181 e. The highest BCUT2D eigenvalue weighted by atomic mass is 32.3. The van der Waals surface area contributed by atoms with Gasteiger partial charge in [-0.2, -0.15) is 0 Å². The molecular weight excluding hydrogens is 282 g/mol. The number of fused-ring (bicyclic) bond motifs is 1. The zero-order chi connectivity index (χ0) is 13.6. The van der Waals surface area contributed by atoms with Gasteiger partial charge in [0.05, 0.1) is 11.5 Å². The topological polar surface area (TPSA) is 84.2 Å². The van der Waals surface area contributed by atoms with Crippen LogP contribution >= 0.6 is 11.8 Å². The summed E-state index contributed by atoms with van der Waals surface area (Å²) in [5, 5.41) is -0.0325. The Morgan fingerprint density at radius 3 is 2.53 bits per heavy atom. The first kappa shape index (κ1) is 13.1. The smallest absolute Gasteiger partial charge is 0.181 e. The van der Waals surface area contributed by atoms with Gasteiger partial charge in [-0.15, -0.1) is 0 Å². The Hall–Kier alpha value is -0.860. The summed E-state index contributed by atoms with van der Waals surface area (Å²) in [4.78, 5) is 0. The average Bonchev–Trinajstić information content (AvgIpc) is 2.90. The second-order valence-corrected chi connectivity index (χ2v) is 8.08. The molecule has 19 heavy (non-hydrogen) atoms. The highest BCUT2D eigenvalue weighted by molar-refractivity contribution is 8.19. The molecule has 4 N–H and O–H groups in total. The number of hydrogen-bond donors (Lipinski definition) is 3. The lowest BCUT2D eigenvalue weighted by atomic mass is 9.92. The molecule has 0 radical (unpaired) electrons. The molecule has 3 rings (SSSR count). The van der Waals surface area contributed by atoms with Crippen molar-refractivity contribution in [1.82, 2.24) is 10.9 Å². The van der Waals surface area contributed by atoms with Gasteiger partial charge < -0.3 is 5.73 Å². The van der Waals surface area contributed by atoms with Gasteiger partial charge in [-0.1, -0.05) is 42.1 Å². The number of sulfone groups is 1. The van der Waals surface area contributed by atoms with E-state index in [0.717, 1.165) is 11.1 Å². The number of rotatable bonds is 2. The van der Waals surface area contributed by atoms with E-state index in [1.807, 2.05) is 30.3 Å². The van der Waals surface area contributed by atoms with E-state index in [4.69, 9.17) is 5.73 Å². The Labute approximate surface area is 116 Å². The summed E-state index contributed by atoms with van der Waals surface area (Å²) in [6, 6.07) is 9.57. The van der Waals surface area contributed by atoms with E-state index in [1.165, 1.54) is 18.0 Å². The largest absolute Gasteiger partial charge is 0.314 e. The molecule has 1 aromatic rings. The van der Waals surface area contributed by atoms with E-state index in [-0.39, 0.29) is 17.5 Å². The van der Waals surface area contributed by atoms with Crippen LogP contribution < -0.4 is 16.6 Å². The first-order valence-corrected chi connectivity index (χ1v) is 8.68. The highest BCUT2D eigenvalue weighted by Crippen LogP contribution is 2.49. The van der Waals surface area contributed by atoms with E-state index in [9.17, 15) is 8.42 Å². The molecule has 0 aliphatic carbocycles. The van der Waals surface area contributed by atoms with Crippen molar-refractivity contribution in [3.63, 3.8) is 0 Å². The summed E-state index contributed by atoms with van der Waals surface area (Å²) in [5.41, 5.74) is 13.8. The third-order valence-corrected chi connectivity index (χ3v) is 6.50. The summed E-state index contributed by atoms with van der Waals surface area (Å²) < 4.78 is 24.4. The Bertz CT molecular complexity index is 628. The zero-order valence-electron chi connectivity index (χ0n) is 10.3. The average molecular weight is 297 g/mol. The minimum atomic E-state index is -3.25. The normalized spacial score (nSPS) is 30.7. The summed E-state index contributed by atoms with van der Waals surface area (Å²) >= 11 is 1.33. The third kappa shape index (κ3) is 2.21. The van der Waals surface area contributed by atoms with Crippen molar-refractivity contribution in [1.29, 1.82) is 0 Å². The van der Waals surface area contributed by atoms with Crippen LogP contribution in [0.15, 0.2) is 34.6 Å². The van der Waals surface area contributed by atoms with Gasteiger partial charge in [-0.05, 0) is 11.1 Å². The van der Waals surface area contributed by atoms with Crippen LogP contribution in [0.2, 0.25) is 0 Å². The summed E-state index contributed by atoms with van der Waals surface area (Å²) in [5.74, 6) is -0.0443. The van der Waals surface area contributed by atoms with Crippen molar-refractivity contribution < 1.29 is 8.42 Å². The summed E-state index contributed by atoms with van der Waals surface area (Å²) in [6.45, 7) is 0. The van der Waals surface area contributed by atoms with E-state index < -0.39 is 9.84 Å². The molecule has 2 aliphatic heterocycles. The molecule has 1 fully saturated rings. The van der Waals surface area contributed by atoms with Gasteiger partial charge in [0.15, 0.2) is 9.84 Å². The highest BCUT2D eigenvalue weighted by Gasteiger charge is 2.46. The van der Waals surface area contributed by atoms with E-state index in [1.54, 1.807) is 0 Å². The van der Waals surface area contributed by atoms with Gasteiger partial charge in [0.25, 0.3) is 0 Å². The SMILES string of the molecule is CS(=O)(=O)C1=C(c2ccccc2)C2C(N)NNC2S1. The lowest BCUT2D eigenvalue weighted by Gasteiger charge is -2.16. The molecule has 0 saturated carbocycles. The van der Waals surface area contributed by atoms with Crippen LogP contribution in [0.1, 0.15) is 5.56 Å². The van der Waals surface area contributed by atoms with Crippen molar-refractivity contribution in [2.75, 3.05) is 6.26 Å². The molecule has 1 aromatic carbocycles.